The molecule has 0 aliphatic carbocycles. The molecular formula is C19H21FN2O3. The Morgan fingerprint density at radius 1 is 1.36 bits per heavy atom. The molecule has 0 unspecified atom stereocenters. The number of fused-ring (bicyclic) bond motifs is 1. The molecule has 132 valence electrons. The molecule has 2 aliphatic rings. The fraction of sp³-hybridized carbons (Fsp3) is 0.421. The first kappa shape index (κ1) is 16.3. The number of halogens is 1. The van der Waals surface area contributed by atoms with Gasteiger partial charge < -0.3 is 14.5 Å². The van der Waals surface area contributed by atoms with Crippen LogP contribution in [0.25, 0.3) is 0 Å². The Bertz CT molecular complexity index is 749. The van der Waals surface area contributed by atoms with E-state index < -0.39 is 0 Å². The van der Waals surface area contributed by atoms with Crippen LogP contribution in [0.3, 0.4) is 0 Å². The highest BCUT2D eigenvalue weighted by molar-refractivity contribution is 5.91. The summed E-state index contributed by atoms with van der Waals surface area (Å²) in [6.45, 7) is 4.32. The summed E-state index contributed by atoms with van der Waals surface area (Å²) >= 11 is 0. The van der Waals surface area contributed by atoms with Gasteiger partial charge in [-0.05, 0) is 29.8 Å². The van der Waals surface area contributed by atoms with Crippen LogP contribution in [0, 0.1) is 17.2 Å². The fourth-order valence-corrected chi connectivity index (χ4v) is 3.96. The molecule has 2 aromatic rings. The SMILES string of the molecule is O=C(NC[C@@]12COC[C@@H]1CN(Cc1cccc(F)c1)C2)c1ccco1. The largest absolute Gasteiger partial charge is 0.459 e. The number of amides is 1. The van der Waals surface area contributed by atoms with E-state index in [4.69, 9.17) is 9.15 Å². The quantitative estimate of drug-likeness (QED) is 0.904. The number of hydrogen-bond donors (Lipinski definition) is 1. The van der Waals surface area contributed by atoms with Gasteiger partial charge in [0.15, 0.2) is 5.76 Å². The van der Waals surface area contributed by atoms with Crippen molar-refractivity contribution in [3.8, 4) is 0 Å². The molecule has 1 N–H and O–H groups in total. The number of nitrogens with one attached hydrogen (secondary N) is 1. The predicted octanol–water partition coefficient (Wildman–Crippen LogP) is 2.30. The van der Waals surface area contributed by atoms with Gasteiger partial charge in [-0.2, -0.15) is 0 Å². The molecule has 1 aromatic heterocycles. The average Bonchev–Trinajstić information content (AvgIpc) is 3.28. The minimum absolute atomic E-state index is 0.0877. The van der Waals surface area contributed by atoms with Gasteiger partial charge >= 0.3 is 0 Å². The summed E-state index contributed by atoms with van der Waals surface area (Å²) in [7, 11) is 0. The molecule has 6 heteroatoms. The molecule has 0 spiro atoms. The molecule has 25 heavy (non-hydrogen) atoms. The van der Waals surface area contributed by atoms with Crippen molar-refractivity contribution in [3.05, 3.63) is 59.8 Å². The number of rotatable bonds is 5. The lowest BCUT2D eigenvalue weighted by atomic mass is 9.81. The van der Waals surface area contributed by atoms with Crippen molar-refractivity contribution in [1.82, 2.24) is 10.2 Å². The molecule has 1 aromatic carbocycles. The van der Waals surface area contributed by atoms with Crippen LogP contribution in [0.5, 0.6) is 0 Å². The summed E-state index contributed by atoms with van der Waals surface area (Å²) < 4.78 is 24.2. The van der Waals surface area contributed by atoms with Crippen LogP contribution in [0.2, 0.25) is 0 Å². The monoisotopic (exact) mass is 344 g/mol. The third kappa shape index (κ3) is 3.32. The predicted molar refractivity (Wildman–Crippen MR) is 89.5 cm³/mol. The first-order valence-electron chi connectivity index (χ1n) is 8.51. The van der Waals surface area contributed by atoms with Gasteiger partial charge in [0.1, 0.15) is 5.82 Å². The summed E-state index contributed by atoms with van der Waals surface area (Å²) in [5.74, 6) is 0.286. The lowest BCUT2D eigenvalue weighted by Crippen LogP contribution is -2.43. The van der Waals surface area contributed by atoms with Crippen LogP contribution in [0.15, 0.2) is 47.1 Å². The van der Waals surface area contributed by atoms with Gasteiger partial charge in [0, 0.05) is 37.5 Å². The Labute approximate surface area is 145 Å². The van der Waals surface area contributed by atoms with Crippen LogP contribution in [0.4, 0.5) is 4.39 Å². The van der Waals surface area contributed by atoms with Crippen LogP contribution in [-0.2, 0) is 11.3 Å². The first-order valence-corrected chi connectivity index (χ1v) is 8.51. The van der Waals surface area contributed by atoms with Crippen LogP contribution in [-0.4, -0.2) is 43.7 Å². The molecule has 0 saturated carbocycles. The lowest BCUT2D eigenvalue weighted by molar-refractivity contribution is 0.0878. The van der Waals surface area contributed by atoms with Crippen LogP contribution < -0.4 is 5.32 Å². The van der Waals surface area contributed by atoms with E-state index in [9.17, 15) is 9.18 Å². The molecule has 2 saturated heterocycles. The highest BCUT2D eigenvalue weighted by atomic mass is 19.1. The number of carbonyl (C=O) groups excluding carboxylic acids is 1. The Morgan fingerprint density at radius 3 is 3.08 bits per heavy atom. The third-order valence-electron chi connectivity index (χ3n) is 5.23. The molecular weight excluding hydrogens is 323 g/mol. The smallest absolute Gasteiger partial charge is 0.286 e. The molecule has 5 nitrogen and oxygen atoms in total. The highest BCUT2D eigenvalue weighted by Crippen LogP contribution is 2.41. The Hall–Kier alpha value is -2.18. The van der Waals surface area contributed by atoms with E-state index in [0.717, 1.165) is 18.7 Å². The van der Waals surface area contributed by atoms with E-state index in [1.54, 1.807) is 24.3 Å². The first-order chi connectivity index (χ1) is 12.1. The lowest BCUT2D eigenvalue weighted by Gasteiger charge is -2.27. The maximum atomic E-state index is 13.4. The standard InChI is InChI=1S/C19H21FN2O3/c20-16-4-1-3-14(7-16)8-22-9-15-10-24-13-19(15,12-22)11-21-18(23)17-5-2-6-25-17/h1-7,15H,8-13H2,(H,21,23)/t15-,19+/m0/s1. The normalized spacial score (nSPS) is 25.9. The van der Waals surface area contributed by atoms with Gasteiger partial charge in [-0.3, -0.25) is 9.69 Å². The number of hydrogen-bond acceptors (Lipinski definition) is 4. The number of furan rings is 1. The van der Waals surface area contributed by atoms with E-state index in [1.165, 1.54) is 12.3 Å². The minimum atomic E-state index is -0.208. The summed E-state index contributed by atoms with van der Waals surface area (Å²) in [4.78, 5) is 14.5. The Balaban J connectivity index is 1.41. The van der Waals surface area contributed by atoms with Crippen molar-refractivity contribution in [2.24, 2.45) is 11.3 Å². The van der Waals surface area contributed by atoms with Gasteiger partial charge in [0.2, 0.25) is 0 Å². The minimum Gasteiger partial charge on any atom is -0.459 e. The number of nitrogens with zero attached hydrogens (tertiary/aromatic N) is 1. The number of likely N-dealkylation sites (tertiary alicyclic amines) is 1. The Kier molecular flexibility index (Phi) is 4.31. The molecule has 2 aliphatic heterocycles. The second-order valence-corrected chi connectivity index (χ2v) is 7.03. The zero-order chi connectivity index (χ0) is 17.3. The van der Waals surface area contributed by atoms with Crippen molar-refractivity contribution < 1.29 is 18.3 Å². The van der Waals surface area contributed by atoms with Gasteiger partial charge in [-0.1, -0.05) is 12.1 Å². The van der Waals surface area contributed by atoms with E-state index in [2.05, 4.69) is 10.2 Å². The van der Waals surface area contributed by atoms with Crippen LogP contribution in [0.1, 0.15) is 16.1 Å². The summed E-state index contributed by atoms with van der Waals surface area (Å²) in [5, 5.41) is 2.98. The molecule has 2 atom stereocenters. The van der Waals surface area contributed by atoms with E-state index in [-0.39, 0.29) is 17.1 Å². The molecule has 0 bridgehead atoms. The molecule has 2 fully saturated rings. The summed E-state index contributed by atoms with van der Waals surface area (Å²) in [5.41, 5.74) is 0.880. The van der Waals surface area contributed by atoms with Crippen molar-refractivity contribution in [3.63, 3.8) is 0 Å². The Morgan fingerprint density at radius 2 is 2.28 bits per heavy atom. The number of carbonyl (C=O) groups is 1. The molecule has 1 amide bonds. The number of ether oxygens (including phenoxy) is 1. The molecule has 3 heterocycles. The summed E-state index contributed by atoms with van der Waals surface area (Å²) in [6.07, 6.45) is 1.49. The topological polar surface area (TPSA) is 54.7 Å². The highest BCUT2D eigenvalue weighted by Gasteiger charge is 2.50. The van der Waals surface area contributed by atoms with E-state index in [1.807, 2.05) is 6.07 Å². The second-order valence-electron chi connectivity index (χ2n) is 7.03. The zero-order valence-corrected chi connectivity index (χ0v) is 13.9. The van der Waals surface area contributed by atoms with Gasteiger partial charge in [-0.25, -0.2) is 4.39 Å². The van der Waals surface area contributed by atoms with Gasteiger partial charge in [-0.15, -0.1) is 0 Å². The second kappa shape index (κ2) is 6.61. The van der Waals surface area contributed by atoms with Crippen LogP contribution >= 0.6 is 0 Å². The number of benzene rings is 1. The average molecular weight is 344 g/mol. The van der Waals surface area contributed by atoms with Crippen molar-refractivity contribution in [2.75, 3.05) is 32.8 Å². The molecule has 4 rings (SSSR count). The van der Waals surface area contributed by atoms with Crippen molar-refractivity contribution >= 4 is 5.91 Å². The third-order valence-corrected chi connectivity index (χ3v) is 5.23. The maximum Gasteiger partial charge on any atom is 0.286 e. The van der Waals surface area contributed by atoms with Crippen molar-refractivity contribution in [1.29, 1.82) is 0 Å². The molecule has 0 radical (unpaired) electrons. The van der Waals surface area contributed by atoms with E-state index >= 15 is 0 Å². The van der Waals surface area contributed by atoms with Crippen molar-refractivity contribution in [2.45, 2.75) is 6.54 Å². The fourth-order valence-electron chi connectivity index (χ4n) is 3.96. The maximum absolute atomic E-state index is 13.4. The van der Waals surface area contributed by atoms with Gasteiger partial charge in [0.05, 0.1) is 19.5 Å². The summed E-state index contributed by atoms with van der Waals surface area (Å²) in [6, 6.07) is 10.1. The van der Waals surface area contributed by atoms with Gasteiger partial charge in [0.25, 0.3) is 5.91 Å². The zero-order valence-electron chi connectivity index (χ0n) is 13.9. The van der Waals surface area contributed by atoms with E-state index in [0.29, 0.717) is 38.0 Å².